The highest BCUT2D eigenvalue weighted by atomic mass is 32.2. The average Bonchev–Trinajstić information content (AvgIpc) is 2.99. The average molecular weight is 550 g/mol. The summed E-state index contributed by atoms with van der Waals surface area (Å²) in [7, 11) is 0. The Morgan fingerprint density at radius 1 is 0.875 bits per heavy atom. The second-order valence-electron chi connectivity index (χ2n) is 11.0. The molecule has 5 nitrogen and oxygen atoms in total. The van der Waals surface area contributed by atoms with Gasteiger partial charge in [-0.15, -0.1) is 0 Å². The maximum Gasteiger partial charge on any atom is 0.258 e. The van der Waals surface area contributed by atoms with Crippen molar-refractivity contribution in [2.24, 2.45) is 0 Å². The number of fused-ring (bicyclic) bond motifs is 4. The van der Waals surface area contributed by atoms with Crippen LogP contribution in [0.25, 0.3) is 11.3 Å². The summed E-state index contributed by atoms with van der Waals surface area (Å²) in [5.74, 6) is 0.157. The van der Waals surface area contributed by atoms with Crippen molar-refractivity contribution in [1.82, 2.24) is 14.9 Å². The molecule has 40 heavy (non-hydrogen) atoms. The first-order valence-electron chi connectivity index (χ1n) is 14.3. The highest BCUT2D eigenvalue weighted by molar-refractivity contribution is 7.99. The summed E-state index contributed by atoms with van der Waals surface area (Å²) in [6, 6.07) is 28.6. The summed E-state index contributed by atoms with van der Waals surface area (Å²) in [5.41, 5.74) is 6.18. The third kappa shape index (κ3) is 5.50. The molecule has 3 aromatic carbocycles. The molecule has 6 rings (SSSR count). The van der Waals surface area contributed by atoms with E-state index >= 15 is 0 Å². The number of hydrogen-bond acceptors (Lipinski definition) is 4. The number of carbonyl (C=O) groups excluding carboxylic acids is 1. The van der Waals surface area contributed by atoms with E-state index in [9.17, 15) is 9.59 Å². The van der Waals surface area contributed by atoms with Crippen molar-refractivity contribution in [2.75, 3.05) is 12.3 Å². The zero-order chi connectivity index (χ0) is 27.4. The van der Waals surface area contributed by atoms with Gasteiger partial charge in [0.1, 0.15) is 0 Å². The Morgan fingerprint density at radius 2 is 1.55 bits per heavy atom. The number of aromatic nitrogens is 2. The Morgan fingerprint density at radius 3 is 2.30 bits per heavy atom. The van der Waals surface area contributed by atoms with Gasteiger partial charge in [-0.3, -0.25) is 14.2 Å². The Balaban J connectivity index is 1.34. The van der Waals surface area contributed by atoms with E-state index in [1.54, 1.807) is 0 Å². The second kappa shape index (κ2) is 11.8. The molecule has 0 aliphatic heterocycles. The van der Waals surface area contributed by atoms with Crippen molar-refractivity contribution in [2.45, 2.75) is 62.1 Å². The maximum absolute atomic E-state index is 14.5. The first kappa shape index (κ1) is 26.6. The lowest BCUT2D eigenvalue weighted by Gasteiger charge is -2.42. The molecule has 0 atom stereocenters. The van der Waals surface area contributed by atoms with E-state index in [0.29, 0.717) is 18.2 Å². The SMILES string of the molecule is O=C(CSc1nc2c(c(=O)n1Cc1ccccc1)C1(CCCCC1)Cc1ccccc1-2)NCCc1ccccc1. The standard InChI is InChI=1S/C34H35N3O2S/c38-29(35-21-18-25-12-4-1-5-13-25)24-40-33-36-31-28-17-9-8-16-27(28)22-34(19-10-3-11-20-34)30(31)32(39)37(33)23-26-14-6-2-7-15-26/h1-2,4-9,12-17H,3,10-11,18-24H2,(H,35,38). The normalized spacial score (nSPS) is 15.3. The molecule has 0 saturated heterocycles. The molecule has 1 aromatic heterocycles. The molecule has 6 heteroatoms. The number of nitrogens with one attached hydrogen (secondary N) is 1. The first-order chi connectivity index (χ1) is 19.6. The fourth-order valence-corrected chi connectivity index (χ4v) is 7.23. The maximum atomic E-state index is 14.5. The van der Waals surface area contributed by atoms with E-state index in [0.717, 1.165) is 60.9 Å². The van der Waals surface area contributed by atoms with Gasteiger partial charge < -0.3 is 5.32 Å². The summed E-state index contributed by atoms with van der Waals surface area (Å²) < 4.78 is 1.82. The van der Waals surface area contributed by atoms with E-state index < -0.39 is 0 Å². The van der Waals surface area contributed by atoms with Crippen molar-refractivity contribution in [3.8, 4) is 11.3 Å². The molecule has 4 aromatic rings. The van der Waals surface area contributed by atoms with Crippen LogP contribution in [0.2, 0.25) is 0 Å². The predicted octanol–water partition coefficient (Wildman–Crippen LogP) is 6.17. The number of benzene rings is 3. The quantitative estimate of drug-likeness (QED) is 0.211. The molecule has 2 aliphatic rings. The molecule has 1 spiro atoms. The monoisotopic (exact) mass is 549 g/mol. The number of amides is 1. The molecule has 0 radical (unpaired) electrons. The minimum absolute atomic E-state index is 0.0525. The highest BCUT2D eigenvalue weighted by Gasteiger charge is 2.43. The zero-order valence-electron chi connectivity index (χ0n) is 22.8. The molecule has 1 N–H and O–H groups in total. The summed E-state index contributed by atoms with van der Waals surface area (Å²) >= 11 is 1.36. The minimum Gasteiger partial charge on any atom is -0.355 e. The smallest absolute Gasteiger partial charge is 0.258 e. The predicted molar refractivity (Wildman–Crippen MR) is 162 cm³/mol. The second-order valence-corrected chi connectivity index (χ2v) is 12.0. The molecule has 2 aliphatic carbocycles. The van der Waals surface area contributed by atoms with Crippen LogP contribution in [-0.4, -0.2) is 27.8 Å². The molecule has 0 bridgehead atoms. The molecular formula is C34H35N3O2S. The summed E-state index contributed by atoms with van der Waals surface area (Å²) in [4.78, 5) is 32.6. The summed E-state index contributed by atoms with van der Waals surface area (Å²) in [6.45, 7) is 1.02. The van der Waals surface area contributed by atoms with Crippen molar-refractivity contribution < 1.29 is 4.79 Å². The van der Waals surface area contributed by atoms with Crippen LogP contribution < -0.4 is 10.9 Å². The molecule has 1 fully saturated rings. The lowest BCUT2D eigenvalue weighted by Crippen LogP contribution is -2.43. The largest absolute Gasteiger partial charge is 0.355 e. The number of thioether (sulfide) groups is 1. The van der Waals surface area contributed by atoms with Gasteiger partial charge >= 0.3 is 0 Å². The van der Waals surface area contributed by atoms with Crippen LogP contribution in [0.5, 0.6) is 0 Å². The van der Waals surface area contributed by atoms with Crippen LogP contribution in [0, 0.1) is 0 Å². The van der Waals surface area contributed by atoms with Crippen molar-refractivity contribution in [3.05, 3.63) is 118 Å². The summed E-state index contributed by atoms with van der Waals surface area (Å²) in [6.07, 6.45) is 7.22. The number of nitrogens with zero attached hydrogens (tertiary/aromatic N) is 2. The molecule has 1 amide bonds. The van der Waals surface area contributed by atoms with E-state index in [2.05, 4.69) is 35.6 Å². The van der Waals surface area contributed by atoms with Gasteiger partial charge in [0.05, 0.1) is 23.6 Å². The van der Waals surface area contributed by atoms with Crippen molar-refractivity contribution >= 4 is 17.7 Å². The van der Waals surface area contributed by atoms with Gasteiger partial charge in [-0.1, -0.05) is 116 Å². The minimum atomic E-state index is -0.164. The van der Waals surface area contributed by atoms with Crippen LogP contribution >= 0.6 is 11.8 Å². The van der Waals surface area contributed by atoms with Crippen LogP contribution in [0.15, 0.2) is 94.9 Å². The third-order valence-corrected chi connectivity index (χ3v) is 9.35. The molecular weight excluding hydrogens is 514 g/mol. The molecule has 1 saturated carbocycles. The molecule has 204 valence electrons. The van der Waals surface area contributed by atoms with Crippen LogP contribution in [0.4, 0.5) is 0 Å². The number of hydrogen-bond donors (Lipinski definition) is 1. The van der Waals surface area contributed by atoms with Crippen molar-refractivity contribution in [1.29, 1.82) is 0 Å². The van der Waals surface area contributed by atoms with Gasteiger partial charge in [0.15, 0.2) is 5.16 Å². The van der Waals surface area contributed by atoms with Gasteiger partial charge in [0.25, 0.3) is 5.56 Å². The van der Waals surface area contributed by atoms with E-state index in [1.165, 1.54) is 29.3 Å². The Bertz CT molecular complexity index is 1540. The van der Waals surface area contributed by atoms with Gasteiger partial charge in [-0.2, -0.15) is 0 Å². The molecule has 0 unspecified atom stereocenters. The van der Waals surface area contributed by atoms with Gasteiger partial charge in [0, 0.05) is 17.5 Å². The fraction of sp³-hybridized carbons (Fsp3) is 0.324. The number of rotatable bonds is 8. The van der Waals surface area contributed by atoms with Crippen LogP contribution in [0.1, 0.15) is 54.4 Å². The summed E-state index contributed by atoms with van der Waals surface area (Å²) in [5, 5.41) is 3.64. The molecule has 1 heterocycles. The topological polar surface area (TPSA) is 64.0 Å². The van der Waals surface area contributed by atoms with E-state index in [-0.39, 0.29) is 22.6 Å². The first-order valence-corrected chi connectivity index (χ1v) is 15.3. The Labute approximate surface area is 240 Å². The highest BCUT2D eigenvalue weighted by Crippen LogP contribution is 2.48. The Hall–Kier alpha value is -3.64. The lowest BCUT2D eigenvalue weighted by atomic mass is 9.62. The Kier molecular flexibility index (Phi) is 7.87. The number of carbonyl (C=O) groups is 1. The lowest BCUT2D eigenvalue weighted by molar-refractivity contribution is -0.118. The van der Waals surface area contributed by atoms with Crippen molar-refractivity contribution in [3.63, 3.8) is 0 Å². The van der Waals surface area contributed by atoms with Gasteiger partial charge in [-0.25, -0.2) is 4.98 Å². The van der Waals surface area contributed by atoms with E-state index in [1.807, 2.05) is 59.2 Å². The zero-order valence-corrected chi connectivity index (χ0v) is 23.6. The van der Waals surface area contributed by atoms with Gasteiger partial charge in [-0.05, 0) is 42.4 Å². The third-order valence-electron chi connectivity index (χ3n) is 8.37. The van der Waals surface area contributed by atoms with E-state index in [4.69, 9.17) is 4.98 Å². The fourth-order valence-electron chi connectivity index (χ4n) is 6.41. The van der Waals surface area contributed by atoms with Crippen LogP contribution in [-0.2, 0) is 29.6 Å². The van der Waals surface area contributed by atoms with Crippen LogP contribution in [0.3, 0.4) is 0 Å². The van der Waals surface area contributed by atoms with Gasteiger partial charge in [0.2, 0.25) is 5.91 Å².